The van der Waals surface area contributed by atoms with Crippen LogP contribution >= 0.6 is 12.2 Å². The van der Waals surface area contributed by atoms with E-state index in [1.54, 1.807) is 112 Å². The van der Waals surface area contributed by atoms with Crippen LogP contribution in [0.5, 0.6) is 0 Å². The fourth-order valence-electron chi connectivity index (χ4n) is 5.24. The smallest absolute Gasteiger partial charge is 0.341 e. The van der Waals surface area contributed by atoms with Crippen LogP contribution in [0.25, 0.3) is 0 Å². The van der Waals surface area contributed by atoms with Crippen LogP contribution < -0.4 is 0 Å². The van der Waals surface area contributed by atoms with Crippen LogP contribution in [-0.2, 0) is 23.7 Å². The van der Waals surface area contributed by atoms with E-state index in [2.05, 4.69) is 4.98 Å². The Bertz CT molecular complexity index is 1810. The Morgan fingerprint density at radius 2 is 1.21 bits per heavy atom. The predicted molar refractivity (Wildman–Crippen MR) is 170 cm³/mol. The molecule has 0 spiro atoms. The summed E-state index contributed by atoms with van der Waals surface area (Å²) in [5.74, 6) is -2.73. The third-order valence-electron chi connectivity index (χ3n) is 7.47. The second-order valence-corrected chi connectivity index (χ2v) is 10.9. The molecule has 1 aromatic heterocycles. The Morgan fingerprint density at radius 3 is 1.72 bits per heavy atom. The monoisotopic (exact) mass is 656 g/mol. The average Bonchev–Trinajstić information content (AvgIpc) is 3.40. The molecule has 0 aliphatic carbocycles. The van der Waals surface area contributed by atoms with Crippen LogP contribution in [0.3, 0.4) is 0 Å². The van der Waals surface area contributed by atoms with Gasteiger partial charge in [0.05, 0.1) is 29.0 Å². The molecule has 242 valence electrons. The summed E-state index contributed by atoms with van der Waals surface area (Å²) in [5, 5.41) is 0. The third-order valence-corrected chi connectivity index (χ3v) is 7.76. The molecule has 0 N–H and O–H groups in total. The number of aryl methyl sites for hydroxylation is 1. The van der Waals surface area contributed by atoms with E-state index in [9.17, 15) is 19.2 Å². The quantitative estimate of drug-likeness (QED) is 0.120. The van der Waals surface area contributed by atoms with Crippen molar-refractivity contribution in [2.75, 3.05) is 13.2 Å². The number of ether oxygens (including phenoxy) is 5. The number of benzene rings is 3. The summed E-state index contributed by atoms with van der Waals surface area (Å²) in [6, 6.07) is 24.8. The van der Waals surface area contributed by atoms with Gasteiger partial charge in [-0.05, 0) is 69.4 Å². The lowest BCUT2D eigenvalue weighted by molar-refractivity contribution is -0.0641. The number of carbonyl (C=O) groups excluding carboxylic acids is 4. The van der Waals surface area contributed by atoms with Crippen molar-refractivity contribution in [3.05, 3.63) is 129 Å². The zero-order chi connectivity index (χ0) is 33.5. The number of nitrogens with zero attached hydrogens (tertiary/aromatic N) is 2. The molecule has 5 rings (SSSR count). The van der Waals surface area contributed by atoms with E-state index >= 15 is 0 Å². The molecule has 47 heavy (non-hydrogen) atoms. The van der Waals surface area contributed by atoms with Gasteiger partial charge in [-0.1, -0.05) is 54.6 Å². The van der Waals surface area contributed by atoms with Gasteiger partial charge in [-0.25, -0.2) is 24.2 Å². The SMILES string of the molecule is CCOC(=O)c1c(C)nc(=S)n([C@@H]2O[C@H](COC(=O)c3ccccc3)[C@@H](OC(=O)c3ccccc3)[C@H]2OC(=O)c2ccccc2)c1C. The number of esters is 4. The molecule has 1 fully saturated rings. The molecule has 4 aromatic rings. The molecule has 11 nitrogen and oxygen atoms in total. The highest BCUT2D eigenvalue weighted by Crippen LogP contribution is 2.37. The molecule has 4 atom stereocenters. The van der Waals surface area contributed by atoms with Crippen molar-refractivity contribution in [3.63, 3.8) is 0 Å². The van der Waals surface area contributed by atoms with Gasteiger partial charge in [-0.15, -0.1) is 0 Å². The predicted octanol–water partition coefficient (Wildman–Crippen LogP) is 5.61. The first kappa shape index (κ1) is 33.2. The molecule has 0 saturated carbocycles. The fraction of sp³-hybridized carbons (Fsp3) is 0.257. The van der Waals surface area contributed by atoms with Crippen molar-refractivity contribution in [2.45, 2.75) is 45.3 Å². The Balaban J connectivity index is 1.59. The summed E-state index contributed by atoms with van der Waals surface area (Å²) >= 11 is 5.63. The van der Waals surface area contributed by atoms with E-state index in [-0.39, 0.29) is 34.7 Å². The van der Waals surface area contributed by atoms with Crippen molar-refractivity contribution >= 4 is 36.1 Å². The zero-order valence-electron chi connectivity index (χ0n) is 25.9. The first-order valence-corrected chi connectivity index (χ1v) is 15.3. The first-order valence-electron chi connectivity index (χ1n) is 14.9. The molecular formula is C35H32N2O9S. The highest BCUT2D eigenvalue weighted by atomic mass is 32.1. The number of carbonyl (C=O) groups is 4. The molecule has 12 heteroatoms. The van der Waals surface area contributed by atoms with Crippen LogP contribution in [0.1, 0.15) is 66.0 Å². The second-order valence-electron chi connectivity index (χ2n) is 10.5. The van der Waals surface area contributed by atoms with Gasteiger partial charge in [0.2, 0.25) is 4.77 Å². The number of aromatic nitrogens is 2. The van der Waals surface area contributed by atoms with Crippen molar-refractivity contribution < 1.29 is 42.9 Å². The third kappa shape index (κ3) is 7.45. The highest BCUT2D eigenvalue weighted by molar-refractivity contribution is 7.71. The summed E-state index contributed by atoms with van der Waals surface area (Å²) in [7, 11) is 0. The maximum absolute atomic E-state index is 13.5. The second kappa shape index (κ2) is 14.9. The Morgan fingerprint density at radius 1 is 0.723 bits per heavy atom. The molecule has 1 saturated heterocycles. The van der Waals surface area contributed by atoms with Gasteiger partial charge in [-0.2, -0.15) is 0 Å². The summed E-state index contributed by atoms with van der Waals surface area (Å²) in [6.07, 6.45) is -5.02. The average molecular weight is 657 g/mol. The van der Waals surface area contributed by atoms with Crippen LogP contribution in [0.15, 0.2) is 91.0 Å². The lowest BCUT2D eigenvalue weighted by atomic mass is 10.1. The lowest BCUT2D eigenvalue weighted by Crippen LogP contribution is -2.41. The van der Waals surface area contributed by atoms with E-state index in [0.29, 0.717) is 17.0 Å². The van der Waals surface area contributed by atoms with E-state index in [1.807, 2.05) is 0 Å². The standard InChI is InChI=1S/C35H32N2O9S/c1-4-42-34(41)27-21(2)36-35(47)37(22(27)3)30-29(46-33(40)25-18-12-7-13-19-25)28(45-32(39)24-16-10-6-11-17-24)26(44-30)20-43-31(38)23-14-8-5-9-15-23/h5-19,26,28-30H,4,20H2,1-3H3/t26-,28-,29-,30-/m1/s1. The summed E-state index contributed by atoms with van der Waals surface area (Å²) in [6.45, 7) is 4.67. The van der Waals surface area contributed by atoms with Gasteiger partial charge in [0.15, 0.2) is 18.4 Å². The van der Waals surface area contributed by atoms with E-state index < -0.39 is 48.4 Å². The maximum Gasteiger partial charge on any atom is 0.341 e. The molecular weight excluding hydrogens is 624 g/mol. The van der Waals surface area contributed by atoms with Gasteiger partial charge < -0.3 is 23.7 Å². The Hall–Kier alpha value is -5.20. The number of hydrogen-bond acceptors (Lipinski definition) is 11. The van der Waals surface area contributed by atoms with E-state index in [4.69, 9.17) is 35.9 Å². The van der Waals surface area contributed by atoms with Crippen molar-refractivity contribution in [2.24, 2.45) is 0 Å². The minimum absolute atomic E-state index is 0.00822. The van der Waals surface area contributed by atoms with Crippen LogP contribution in [0.4, 0.5) is 0 Å². The fourth-order valence-corrected chi connectivity index (χ4v) is 5.62. The number of hydrogen-bond donors (Lipinski definition) is 0. The Labute approximate surface area is 276 Å². The minimum atomic E-state index is -1.33. The van der Waals surface area contributed by atoms with Gasteiger partial charge in [0.1, 0.15) is 18.3 Å². The van der Waals surface area contributed by atoms with E-state index in [1.165, 1.54) is 4.57 Å². The molecule has 0 unspecified atom stereocenters. The van der Waals surface area contributed by atoms with E-state index in [0.717, 1.165) is 0 Å². The lowest BCUT2D eigenvalue weighted by Gasteiger charge is -2.27. The molecule has 3 aromatic carbocycles. The highest BCUT2D eigenvalue weighted by Gasteiger charge is 2.52. The number of rotatable bonds is 10. The minimum Gasteiger partial charge on any atom is -0.462 e. The van der Waals surface area contributed by atoms with Crippen molar-refractivity contribution in [3.8, 4) is 0 Å². The van der Waals surface area contributed by atoms with Crippen molar-refractivity contribution in [1.82, 2.24) is 9.55 Å². The molecule has 0 bridgehead atoms. The van der Waals surface area contributed by atoms with Crippen LogP contribution in [-0.4, -0.2) is 65.0 Å². The molecule has 1 aliphatic heterocycles. The molecule has 0 radical (unpaired) electrons. The van der Waals surface area contributed by atoms with Crippen molar-refractivity contribution in [1.29, 1.82) is 0 Å². The van der Waals surface area contributed by atoms with Gasteiger partial charge in [-0.3, -0.25) is 4.57 Å². The molecule has 2 heterocycles. The zero-order valence-corrected chi connectivity index (χ0v) is 26.7. The molecule has 0 amide bonds. The first-order chi connectivity index (χ1) is 22.7. The molecule has 1 aliphatic rings. The summed E-state index contributed by atoms with van der Waals surface area (Å²) in [5.41, 5.74) is 1.56. The van der Waals surface area contributed by atoms with Gasteiger partial charge in [0, 0.05) is 5.69 Å². The van der Waals surface area contributed by atoms with Crippen LogP contribution in [0, 0.1) is 18.6 Å². The normalized spacial score (nSPS) is 18.6. The summed E-state index contributed by atoms with van der Waals surface area (Å²) < 4.78 is 30.7. The summed E-state index contributed by atoms with van der Waals surface area (Å²) in [4.78, 5) is 57.2. The van der Waals surface area contributed by atoms with Crippen LogP contribution in [0.2, 0.25) is 0 Å². The topological polar surface area (TPSA) is 132 Å². The largest absolute Gasteiger partial charge is 0.462 e. The van der Waals surface area contributed by atoms with Gasteiger partial charge in [0.25, 0.3) is 0 Å². The maximum atomic E-state index is 13.5. The van der Waals surface area contributed by atoms with Gasteiger partial charge >= 0.3 is 23.9 Å². The Kier molecular flexibility index (Phi) is 10.5.